The van der Waals surface area contributed by atoms with E-state index >= 15 is 0 Å². The van der Waals surface area contributed by atoms with Crippen molar-refractivity contribution in [3.63, 3.8) is 0 Å². The number of pyridine rings is 1. The molecule has 70 valence electrons. The number of ether oxygens (including phenoxy) is 1. The number of aromatic nitrogens is 3. The SMILES string of the molecule is c1cncc(COc2ccncn2)c1. The molecule has 0 saturated carbocycles. The maximum absolute atomic E-state index is 5.40. The molecule has 0 saturated heterocycles. The van der Waals surface area contributed by atoms with E-state index in [0.29, 0.717) is 12.5 Å². The Morgan fingerprint density at radius 1 is 1.14 bits per heavy atom. The summed E-state index contributed by atoms with van der Waals surface area (Å²) in [6.07, 6.45) is 6.60. The molecule has 14 heavy (non-hydrogen) atoms. The Morgan fingerprint density at radius 2 is 2.14 bits per heavy atom. The van der Waals surface area contributed by atoms with Gasteiger partial charge in [-0.3, -0.25) is 4.98 Å². The molecule has 2 rings (SSSR count). The first-order valence-corrected chi connectivity index (χ1v) is 4.23. The summed E-state index contributed by atoms with van der Waals surface area (Å²) >= 11 is 0. The zero-order valence-electron chi connectivity index (χ0n) is 7.50. The second-order valence-corrected chi connectivity index (χ2v) is 2.70. The summed E-state index contributed by atoms with van der Waals surface area (Å²) in [6.45, 7) is 0.477. The van der Waals surface area contributed by atoms with Crippen LogP contribution in [0.1, 0.15) is 5.56 Å². The third kappa shape index (κ3) is 2.26. The lowest BCUT2D eigenvalue weighted by molar-refractivity contribution is 0.293. The van der Waals surface area contributed by atoms with Crippen molar-refractivity contribution in [1.29, 1.82) is 0 Å². The molecule has 2 aromatic heterocycles. The molecule has 2 aromatic rings. The lowest BCUT2D eigenvalue weighted by Gasteiger charge is -2.03. The van der Waals surface area contributed by atoms with Crippen LogP contribution in [0.4, 0.5) is 0 Å². The fourth-order valence-electron chi connectivity index (χ4n) is 1.00. The first-order valence-electron chi connectivity index (χ1n) is 4.23. The van der Waals surface area contributed by atoms with Crippen LogP contribution >= 0.6 is 0 Å². The molecule has 0 bridgehead atoms. The zero-order valence-corrected chi connectivity index (χ0v) is 7.50. The summed E-state index contributed by atoms with van der Waals surface area (Å²) in [5.41, 5.74) is 1.02. The molecule has 0 aromatic carbocycles. The van der Waals surface area contributed by atoms with Gasteiger partial charge in [-0.25, -0.2) is 9.97 Å². The highest BCUT2D eigenvalue weighted by Gasteiger charge is 1.94. The summed E-state index contributed by atoms with van der Waals surface area (Å²) in [5.74, 6) is 0.573. The highest BCUT2D eigenvalue weighted by Crippen LogP contribution is 2.05. The Kier molecular flexibility index (Phi) is 2.66. The van der Waals surface area contributed by atoms with Crippen molar-refractivity contribution in [2.45, 2.75) is 6.61 Å². The van der Waals surface area contributed by atoms with E-state index in [-0.39, 0.29) is 0 Å². The largest absolute Gasteiger partial charge is 0.473 e. The molecular formula is C10H9N3O. The molecule has 4 heteroatoms. The maximum Gasteiger partial charge on any atom is 0.216 e. The van der Waals surface area contributed by atoms with Crippen LogP contribution in [0.5, 0.6) is 5.88 Å². The van der Waals surface area contributed by atoms with Crippen molar-refractivity contribution in [3.8, 4) is 5.88 Å². The van der Waals surface area contributed by atoms with Crippen LogP contribution in [0, 0.1) is 0 Å². The van der Waals surface area contributed by atoms with Crippen molar-refractivity contribution < 1.29 is 4.74 Å². The van der Waals surface area contributed by atoms with E-state index in [0.717, 1.165) is 5.56 Å². The number of rotatable bonds is 3. The normalized spacial score (nSPS) is 9.71. The molecule has 0 aliphatic carbocycles. The first kappa shape index (κ1) is 8.62. The second-order valence-electron chi connectivity index (χ2n) is 2.70. The van der Waals surface area contributed by atoms with Crippen LogP contribution in [0.3, 0.4) is 0 Å². The minimum Gasteiger partial charge on any atom is -0.473 e. The molecule has 4 nitrogen and oxygen atoms in total. The zero-order chi connectivity index (χ0) is 9.64. The standard InChI is InChI=1S/C10H9N3O/c1-2-9(6-11-4-1)7-14-10-3-5-12-8-13-10/h1-6,8H,7H2. The van der Waals surface area contributed by atoms with E-state index in [9.17, 15) is 0 Å². The average molecular weight is 187 g/mol. The summed E-state index contributed by atoms with van der Waals surface area (Å²) < 4.78 is 5.40. The summed E-state index contributed by atoms with van der Waals surface area (Å²) in [6, 6.07) is 5.54. The van der Waals surface area contributed by atoms with Gasteiger partial charge in [0.2, 0.25) is 5.88 Å². The summed E-state index contributed by atoms with van der Waals surface area (Å²) in [7, 11) is 0. The van der Waals surface area contributed by atoms with Crippen LogP contribution in [0.2, 0.25) is 0 Å². The smallest absolute Gasteiger partial charge is 0.216 e. The predicted octanol–water partition coefficient (Wildman–Crippen LogP) is 1.45. The summed E-state index contributed by atoms with van der Waals surface area (Å²) in [5, 5.41) is 0. The molecule has 0 spiro atoms. The molecule has 0 aliphatic heterocycles. The van der Waals surface area contributed by atoms with Crippen molar-refractivity contribution in [1.82, 2.24) is 15.0 Å². The van der Waals surface area contributed by atoms with E-state index in [1.165, 1.54) is 6.33 Å². The molecule has 0 fully saturated rings. The minimum absolute atomic E-state index is 0.477. The molecule has 0 unspecified atom stereocenters. The van der Waals surface area contributed by atoms with Crippen LogP contribution in [-0.4, -0.2) is 15.0 Å². The van der Waals surface area contributed by atoms with Crippen molar-refractivity contribution in [2.75, 3.05) is 0 Å². The molecule has 0 atom stereocenters. The highest BCUT2D eigenvalue weighted by atomic mass is 16.5. The molecule has 2 heterocycles. The van der Waals surface area contributed by atoms with Gasteiger partial charge in [0.05, 0.1) is 0 Å². The first-order chi connectivity index (χ1) is 6.95. The molecule has 0 aliphatic rings. The van der Waals surface area contributed by atoms with Gasteiger partial charge in [0, 0.05) is 30.2 Å². The van der Waals surface area contributed by atoms with Crippen LogP contribution in [0.15, 0.2) is 43.1 Å². The van der Waals surface area contributed by atoms with Gasteiger partial charge in [-0.05, 0) is 6.07 Å². The van der Waals surface area contributed by atoms with Crippen molar-refractivity contribution in [2.24, 2.45) is 0 Å². The van der Waals surface area contributed by atoms with Gasteiger partial charge < -0.3 is 4.74 Å². The Morgan fingerprint density at radius 3 is 2.86 bits per heavy atom. The quantitative estimate of drug-likeness (QED) is 0.729. The van der Waals surface area contributed by atoms with Gasteiger partial charge in [0.25, 0.3) is 0 Å². The lowest BCUT2D eigenvalue weighted by Crippen LogP contribution is -1.97. The van der Waals surface area contributed by atoms with E-state index in [1.54, 1.807) is 24.7 Å². The Labute approximate surface area is 81.6 Å². The summed E-state index contributed by atoms with van der Waals surface area (Å²) in [4.78, 5) is 11.7. The fourth-order valence-corrected chi connectivity index (χ4v) is 1.00. The van der Waals surface area contributed by atoms with Crippen molar-refractivity contribution >= 4 is 0 Å². The van der Waals surface area contributed by atoms with Gasteiger partial charge in [-0.1, -0.05) is 6.07 Å². The molecule has 0 amide bonds. The van der Waals surface area contributed by atoms with Crippen molar-refractivity contribution in [3.05, 3.63) is 48.7 Å². The van der Waals surface area contributed by atoms with Crippen LogP contribution in [0.25, 0.3) is 0 Å². The van der Waals surface area contributed by atoms with Gasteiger partial charge >= 0.3 is 0 Å². The second kappa shape index (κ2) is 4.32. The molecule has 0 radical (unpaired) electrons. The van der Waals surface area contributed by atoms with Gasteiger partial charge in [0.1, 0.15) is 12.9 Å². The number of hydrogen-bond acceptors (Lipinski definition) is 4. The molecular weight excluding hydrogens is 178 g/mol. The number of hydrogen-bond donors (Lipinski definition) is 0. The van der Waals surface area contributed by atoms with E-state index in [1.807, 2.05) is 12.1 Å². The monoisotopic (exact) mass is 187 g/mol. The lowest BCUT2D eigenvalue weighted by atomic mass is 10.3. The minimum atomic E-state index is 0.477. The number of nitrogens with zero attached hydrogens (tertiary/aromatic N) is 3. The third-order valence-electron chi connectivity index (χ3n) is 1.66. The average Bonchev–Trinajstić information content (AvgIpc) is 2.29. The Balaban J connectivity index is 1.96. The van der Waals surface area contributed by atoms with E-state index < -0.39 is 0 Å². The molecule has 0 N–H and O–H groups in total. The Bertz CT molecular complexity index is 338. The van der Waals surface area contributed by atoms with E-state index in [4.69, 9.17) is 4.74 Å². The Hall–Kier alpha value is -1.97. The highest BCUT2D eigenvalue weighted by molar-refractivity contribution is 5.10. The van der Waals surface area contributed by atoms with Crippen LogP contribution < -0.4 is 4.74 Å². The predicted molar refractivity (Wildman–Crippen MR) is 50.6 cm³/mol. The van der Waals surface area contributed by atoms with Gasteiger partial charge in [-0.2, -0.15) is 0 Å². The van der Waals surface area contributed by atoms with Gasteiger partial charge in [-0.15, -0.1) is 0 Å². The fraction of sp³-hybridized carbons (Fsp3) is 0.100. The maximum atomic E-state index is 5.40. The third-order valence-corrected chi connectivity index (χ3v) is 1.66. The topological polar surface area (TPSA) is 47.9 Å². The van der Waals surface area contributed by atoms with E-state index in [2.05, 4.69) is 15.0 Å². The van der Waals surface area contributed by atoms with Crippen LogP contribution in [-0.2, 0) is 6.61 Å². The van der Waals surface area contributed by atoms with Gasteiger partial charge in [0.15, 0.2) is 0 Å².